The second-order valence-electron chi connectivity index (χ2n) is 7.24. The van der Waals surface area contributed by atoms with Gasteiger partial charge in [0.25, 0.3) is 0 Å². The number of carbonyl (C=O) groups is 1. The lowest BCUT2D eigenvalue weighted by Crippen LogP contribution is -2.57. The van der Waals surface area contributed by atoms with Crippen LogP contribution in [0.15, 0.2) is 18.2 Å². The van der Waals surface area contributed by atoms with Gasteiger partial charge in [-0.25, -0.2) is 4.79 Å². The van der Waals surface area contributed by atoms with Crippen molar-refractivity contribution >= 4 is 34.9 Å². The van der Waals surface area contributed by atoms with Crippen LogP contribution in [0, 0.1) is 0 Å². The number of amides is 2. The second-order valence-corrected chi connectivity index (χ2v) is 8.06. The number of rotatable bonds is 3. The van der Waals surface area contributed by atoms with E-state index in [0.717, 1.165) is 52.4 Å². The molecule has 8 heteroatoms. The van der Waals surface area contributed by atoms with Crippen molar-refractivity contribution in [1.29, 1.82) is 0 Å². The van der Waals surface area contributed by atoms with Crippen LogP contribution in [0.5, 0.6) is 0 Å². The van der Waals surface area contributed by atoms with Crippen molar-refractivity contribution in [3.8, 4) is 0 Å². The number of benzene rings is 1. The minimum Gasteiger partial charge on any atom is -0.322 e. The normalized spacial score (nSPS) is 23.2. The number of hydrogen-bond donors (Lipinski definition) is 1. The Bertz CT molecular complexity index is 636. The number of hydrogen-bond acceptors (Lipinski definition) is 4. The van der Waals surface area contributed by atoms with Crippen LogP contribution in [0.1, 0.15) is 0 Å². The first-order valence-electron chi connectivity index (χ1n) is 9.04. The molecule has 0 saturated carbocycles. The predicted octanol–water partition coefficient (Wildman–Crippen LogP) is 2.39. The Morgan fingerprint density at radius 2 is 1.81 bits per heavy atom. The van der Waals surface area contributed by atoms with Crippen molar-refractivity contribution in [2.45, 2.75) is 6.04 Å². The zero-order chi connectivity index (χ0) is 18.7. The zero-order valence-corrected chi connectivity index (χ0v) is 16.9. The molecule has 1 aromatic rings. The number of halogens is 2. The molecule has 1 aromatic carbocycles. The predicted molar refractivity (Wildman–Crippen MR) is 107 cm³/mol. The third-order valence-electron chi connectivity index (χ3n) is 5.28. The minimum absolute atomic E-state index is 0.0856. The molecular formula is C18H27Cl2N5O. The first-order valence-corrected chi connectivity index (χ1v) is 9.80. The molecule has 0 spiro atoms. The van der Waals surface area contributed by atoms with E-state index in [1.54, 1.807) is 18.2 Å². The quantitative estimate of drug-likeness (QED) is 0.846. The van der Waals surface area contributed by atoms with Crippen molar-refractivity contribution in [2.24, 2.45) is 0 Å². The molecule has 2 heterocycles. The number of nitrogens with zero attached hydrogens (tertiary/aromatic N) is 4. The molecule has 0 radical (unpaired) electrons. The maximum absolute atomic E-state index is 12.5. The third kappa shape index (κ3) is 5.02. The van der Waals surface area contributed by atoms with Gasteiger partial charge in [0, 0.05) is 64.1 Å². The number of piperazine rings is 2. The van der Waals surface area contributed by atoms with Gasteiger partial charge in [-0.3, -0.25) is 9.80 Å². The fourth-order valence-electron chi connectivity index (χ4n) is 3.51. The van der Waals surface area contributed by atoms with Gasteiger partial charge >= 0.3 is 6.03 Å². The molecule has 2 amide bonds. The molecule has 1 atom stereocenters. The molecule has 1 unspecified atom stereocenters. The molecule has 0 bridgehead atoms. The van der Waals surface area contributed by atoms with Crippen molar-refractivity contribution in [3.05, 3.63) is 28.2 Å². The SMILES string of the molecule is CN1CCN(C)C(CN2CCN(C(=O)Nc3ccc(Cl)c(Cl)c3)CC2)C1. The molecule has 26 heavy (non-hydrogen) atoms. The van der Waals surface area contributed by atoms with Crippen LogP contribution in [0.25, 0.3) is 0 Å². The minimum atomic E-state index is -0.0856. The van der Waals surface area contributed by atoms with E-state index in [0.29, 0.717) is 21.8 Å². The van der Waals surface area contributed by atoms with Gasteiger partial charge in [-0.1, -0.05) is 23.2 Å². The van der Waals surface area contributed by atoms with Crippen LogP contribution in [0.2, 0.25) is 10.0 Å². The highest BCUT2D eigenvalue weighted by Gasteiger charge is 2.27. The average Bonchev–Trinajstić information content (AvgIpc) is 2.62. The highest BCUT2D eigenvalue weighted by molar-refractivity contribution is 6.42. The average molecular weight is 400 g/mol. The maximum Gasteiger partial charge on any atom is 0.321 e. The van der Waals surface area contributed by atoms with Gasteiger partial charge in [0.2, 0.25) is 0 Å². The van der Waals surface area contributed by atoms with Crippen LogP contribution < -0.4 is 5.32 Å². The van der Waals surface area contributed by atoms with Gasteiger partial charge in [0.1, 0.15) is 0 Å². The number of nitrogens with one attached hydrogen (secondary N) is 1. The van der Waals surface area contributed by atoms with E-state index in [4.69, 9.17) is 23.2 Å². The summed E-state index contributed by atoms with van der Waals surface area (Å²) < 4.78 is 0. The summed E-state index contributed by atoms with van der Waals surface area (Å²) in [5.74, 6) is 0. The van der Waals surface area contributed by atoms with E-state index in [1.807, 2.05) is 4.90 Å². The summed E-state index contributed by atoms with van der Waals surface area (Å²) in [6.07, 6.45) is 0. The summed E-state index contributed by atoms with van der Waals surface area (Å²) in [7, 11) is 4.39. The summed E-state index contributed by atoms with van der Waals surface area (Å²) in [5, 5.41) is 3.82. The summed E-state index contributed by atoms with van der Waals surface area (Å²) in [5.41, 5.74) is 0.665. The van der Waals surface area contributed by atoms with Crippen molar-refractivity contribution in [3.63, 3.8) is 0 Å². The lowest BCUT2D eigenvalue weighted by molar-refractivity contribution is 0.0665. The Morgan fingerprint density at radius 3 is 2.50 bits per heavy atom. The van der Waals surface area contributed by atoms with Gasteiger partial charge in [0.05, 0.1) is 10.0 Å². The molecule has 2 saturated heterocycles. The molecular weight excluding hydrogens is 373 g/mol. The first kappa shape index (κ1) is 19.7. The van der Waals surface area contributed by atoms with Gasteiger partial charge in [-0.2, -0.15) is 0 Å². The van der Waals surface area contributed by atoms with Crippen molar-refractivity contribution in [1.82, 2.24) is 19.6 Å². The summed E-state index contributed by atoms with van der Waals surface area (Å²) in [4.78, 5) is 21.6. The number of anilines is 1. The van der Waals surface area contributed by atoms with E-state index < -0.39 is 0 Å². The molecule has 144 valence electrons. The van der Waals surface area contributed by atoms with Crippen molar-refractivity contribution in [2.75, 3.05) is 71.8 Å². The van der Waals surface area contributed by atoms with E-state index in [2.05, 4.69) is 34.1 Å². The largest absolute Gasteiger partial charge is 0.322 e. The van der Waals surface area contributed by atoms with Crippen molar-refractivity contribution < 1.29 is 4.79 Å². The summed E-state index contributed by atoms with van der Waals surface area (Å²) in [6, 6.07) is 5.60. The first-order chi connectivity index (χ1) is 12.4. The highest BCUT2D eigenvalue weighted by Crippen LogP contribution is 2.25. The number of carbonyl (C=O) groups excluding carboxylic acids is 1. The standard InChI is InChI=1S/C18H27Cl2N5O/c1-22-5-6-23(2)15(12-22)13-24-7-9-25(10-8-24)18(26)21-14-3-4-16(19)17(20)11-14/h3-4,11,15H,5-10,12-13H2,1-2H3,(H,21,26). The number of likely N-dealkylation sites (N-methyl/N-ethyl adjacent to an activating group) is 2. The van der Waals surface area contributed by atoms with E-state index in [9.17, 15) is 4.79 Å². The van der Waals surface area contributed by atoms with Crippen LogP contribution in [0.4, 0.5) is 10.5 Å². The third-order valence-corrected chi connectivity index (χ3v) is 6.02. The molecule has 2 fully saturated rings. The molecule has 2 aliphatic heterocycles. The fourth-order valence-corrected chi connectivity index (χ4v) is 3.80. The highest BCUT2D eigenvalue weighted by atomic mass is 35.5. The van der Waals surface area contributed by atoms with Gasteiger partial charge in [0.15, 0.2) is 0 Å². The van der Waals surface area contributed by atoms with E-state index in [1.165, 1.54) is 0 Å². The Kier molecular flexibility index (Phi) is 6.64. The maximum atomic E-state index is 12.5. The zero-order valence-electron chi connectivity index (χ0n) is 15.4. The van der Waals surface area contributed by atoms with Gasteiger partial charge in [-0.05, 0) is 32.3 Å². The lowest BCUT2D eigenvalue weighted by atomic mass is 10.1. The molecule has 0 aromatic heterocycles. The second kappa shape index (κ2) is 8.76. The lowest BCUT2D eigenvalue weighted by Gasteiger charge is -2.42. The molecule has 0 aliphatic carbocycles. The van der Waals surface area contributed by atoms with Crippen LogP contribution >= 0.6 is 23.2 Å². The Balaban J connectivity index is 1.47. The van der Waals surface area contributed by atoms with E-state index in [-0.39, 0.29) is 6.03 Å². The monoisotopic (exact) mass is 399 g/mol. The van der Waals surface area contributed by atoms with Crippen LogP contribution in [-0.4, -0.2) is 98.1 Å². The van der Waals surface area contributed by atoms with Crippen LogP contribution in [0.3, 0.4) is 0 Å². The Hall–Kier alpha value is -1.05. The molecule has 2 aliphatic rings. The van der Waals surface area contributed by atoms with E-state index >= 15 is 0 Å². The topological polar surface area (TPSA) is 42.1 Å². The molecule has 3 rings (SSSR count). The fraction of sp³-hybridized carbons (Fsp3) is 0.611. The Labute approximate surface area is 165 Å². The summed E-state index contributed by atoms with van der Waals surface area (Å²) in [6.45, 7) is 7.70. The van der Waals surface area contributed by atoms with Gasteiger partial charge < -0.3 is 15.1 Å². The molecule has 1 N–H and O–H groups in total. The van der Waals surface area contributed by atoms with Gasteiger partial charge in [-0.15, -0.1) is 0 Å². The molecule has 6 nitrogen and oxygen atoms in total. The Morgan fingerprint density at radius 1 is 1.08 bits per heavy atom. The summed E-state index contributed by atoms with van der Waals surface area (Å²) >= 11 is 11.9. The smallest absolute Gasteiger partial charge is 0.321 e. The number of urea groups is 1. The van der Waals surface area contributed by atoms with Crippen LogP contribution in [-0.2, 0) is 0 Å².